The topological polar surface area (TPSA) is 109 Å². The average molecular weight is 478 g/mol. The van der Waals surface area contributed by atoms with Gasteiger partial charge in [-0.2, -0.15) is 0 Å². The molecule has 4 aromatic rings. The van der Waals surface area contributed by atoms with E-state index in [0.29, 0.717) is 22.6 Å². The van der Waals surface area contributed by atoms with E-state index in [1.165, 1.54) is 12.0 Å². The number of nitrogens with zero attached hydrogens (tertiary/aromatic N) is 2. The van der Waals surface area contributed by atoms with Crippen molar-refractivity contribution >= 4 is 46.0 Å². The number of para-hydroxylation sites is 2. The number of ketones is 1. The molecule has 0 aliphatic carbocycles. The first-order valence-electron chi connectivity index (χ1n) is 10.5. The molecule has 2 N–H and O–H groups in total. The lowest BCUT2D eigenvalue weighted by Gasteiger charge is -2.21. The minimum absolute atomic E-state index is 0.153. The van der Waals surface area contributed by atoms with Crippen molar-refractivity contribution in [2.75, 3.05) is 12.0 Å². The van der Waals surface area contributed by atoms with E-state index < -0.39 is 23.5 Å². The van der Waals surface area contributed by atoms with Crippen LogP contribution in [0.2, 0.25) is 5.02 Å². The van der Waals surface area contributed by atoms with Gasteiger partial charge in [0.15, 0.2) is 0 Å². The van der Waals surface area contributed by atoms with E-state index in [0.717, 1.165) is 5.56 Å². The molecule has 0 bridgehead atoms. The van der Waals surface area contributed by atoms with Crippen LogP contribution < -0.4 is 9.64 Å². The van der Waals surface area contributed by atoms with Gasteiger partial charge in [-0.3, -0.25) is 14.5 Å². The van der Waals surface area contributed by atoms with Crippen LogP contribution in [0.15, 0.2) is 58.5 Å². The summed E-state index contributed by atoms with van der Waals surface area (Å²) in [6.07, 6.45) is 0. The molecule has 34 heavy (non-hydrogen) atoms. The zero-order chi connectivity index (χ0) is 24.1. The number of fused-ring (bicyclic) bond motifs is 1. The van der Waals surface area contributed by atoms with Crippen LogP contribution in [0.5, 0.6) is 5.75 Å². The molecule has 172 valence electrons. The van der Waals surface area contributed by atoms with Crippen molar-refractivity contribution in [1.29, 1.82) is 0 Å². The number of ether oxygens (including phenoxy) is 1. The molecule has 0 saturated carbocycles. The van der Waals surface area contributed by atoms with Gasteiger partial charge >= 0.3 is 5.91 Å². The zero-order valence-corrected chi connectivity index (χ0v) is 19.3. The molecule has 5 rings (SSSR count). The number of amides is 1. The number of benzene rings is 2. The zero-order valence-electron chi connectivity index (χ0n) is 18.5. The normalized spacial score (nSPS) is 17.6. The van der Waals surface area contributed by atoms with Crippen molar-refractivity contribution < 1.29 is 23.8 Å². The molecule has 1 fully saturated rings. The number of H-pyrrole nitrogens is 1. The minimum atomic E-state index is -1.06. The summed E-state index contributed by atoms with van der Waals surface area (Å²) in [6, 6.07) is 12.9. The summed E-state index contributed by atoms with van der Waals surface area (Å²) in [4.78, 5) is 35.4. The van der Waals surface area contributed by atoms with Gasteiger partial charge in [0, 0.05) is 0 Å². The van der Waals surface area contributed by atoms with Gasteiger partial charge in [0.05, 0.1) is 34.3 Å². The quantitative estimate of drug-likeness (QED) is 0.241. The van der Waals surface area contributed by atoms with Crippen molar-refractivity contribution in [2.24, 2.45) is 0 Å². The van der Waals surface area contributed by atoms with E-state index >= 15 is 0 Å². The number of Topliss-reactive ketones (excluding diaryl/α,β-unsaturated/α-hetero) is 1. The number of nitrogens with one attached hydrogen (secondary N) is 1. The van der Waals surface area contributed by atoms with Gasteiger partial charge in [0.2, 0.25) is 5.95 Å². The summed E-state index contributed by atoms with van der Waals surface area (Å²) in [5.74, 6) is -0.907. The maximum Gasteiger partial charge on any atom is 0.302 e. The third-order valence-corrected chi connectivity index (χ3v) is 6.01. The molecule has 0 radical (unpaired) electrons. The molecule has 1 amide bonds. The number of carbonyl (C=O) groups excluding carboxylic acids is 2. The Kier molecular flexibility index (Phi) is 5.17. The molecule has 1 aliphatic heterocycles. The third kappa shape index (κ3) is 3.34. The second-order valence-corrected chi connectivity index (χ2v) is 8.43. The highest BCUT2D eigenvalue weighted by atomic mass is 35.5. The predicted octanol–water partition coefficient (Wildman–Crippen LogP) is 5.06. The Bertz CT molecular complexity index is 1470. The number of aryl methyl sites for hydroxylation is 2. The summed E-state index contributed by atoms with van der Waals surface area (Å²) >= 11 is 6.32. The number of hydrogen-bond donors (Lipinski definition) is 2. The first-order valence-corrected chi connectivity index (χ1v) is 10.8. The summed E-state index contributed by atoms with van der Waals surface area (Å²) < 4.78 is 11.2. The molecule has 2 aromatic carbocycles. The number of aromatic nitrogens is 2. The van der Waals surface area contributed by atoms with Gasteiger partial charge in [-0.05, 0) is 55.8 Å². The van der Waals surface area contributed by atoms with E-state index in [2.05, 4.69) is 9.97 Å². The highest BCUT2D eigenvalue weighted by Crippen LogP contribution is 2.44. The van der Waals surface area contributed by atoms with Gasteiger partial charge in [0.25, 0.3) is 5.78 Å². The maximum atomic E-state index is 13.3. The van der Waals surface area contributed by atoms with Gasteiger partial charge in [-0.25, -0.2) is 4.98 Å². The Balaban J connectivity index is 1.77. The van der Waals surface area contributed by atoms with Crippen molar-refractivity contribution in [3.8, 4) is 5.75 Å². The smallest absolute Gasteiger partial charge is 0.302 e. The largest absolute Gasteiger partial charge is 0.507 e. The number of rotatable bonds is 4. The van der Waals surface area contributed by atoms with Gasteiger partial charge in [-0.1, -0.05) is 23.7 Å². The Morgan fingerprint density at radius 3 is 2.62 bits per heavy atom. The second kappa shape index (κ2) is 8.07. The van der Waals surface area contributed by atoms with Crippen LogP contribution in [0, 0.1) is 13.8 Å². The number of anilines is 1. The molecule has 1 unspecified atom stereocenters. The second-order valence-electron chi connectivity index (χ2n) is 8.02. The van der Waals surface area contributed by atoms with E-state index in [-0.39, 0.29) is 27.9 Å². The van der Waals surface area contributed by atoms with Crippen LogP contribution in [-0.4, -0.2) is 33.9 Å². The Hall–Kier alpha value is -4.04. The molecule has 0 spiro atoms. The number of methoxy groups -OCH3 is 1. The Labute approximate surface area is 199 Å². The predicted molar refractivity (Wildman–Crippen MR) is 127 cm³/mol. The standard InChI is InChI=1S/C25H20ClN3O5/c1-12-10-14(23(33-3)15(26)11-12)21(30)19-20(18-9-8-13(2)34-18)29(24(32)22(19)31)25-27-16-6-4-5-7-17(16)28-25/h4-11,20,30H,1-3H3,(H,27,28)/b21-19+. The Morgan fingerprint density at radius 1 is 1.18 bits per heavy atom. The van der Waals surface area contributed by atoms with Gasteiger partial charge in [-0.15, -0.1) is 0 Å². The molecule has 9 heteroatoms. The first-order chi connectivity index (χ1) is 16.3. The van der Waals surface area contributed by atoms with Crippen LogP contribution in [0.1, 0.15) is 28.7 Å². The van der Waals surface area contributed by atoms with Crippen LogP contribution >= 0.6 is 11.6 Å². The van der Waals surface area contributed by atoms with Crippen molar-refractivity contribution in [1.82, 2.24) is 9.97 Å². The number of carbonyl (C=O) groups is 2. The fourth-order valence-corrected chi connectivity index (χ4v) is 4.58. The third-order valence-electron chi connectivity index (χ3n) is 5.73. The van der Waals surface area contributed by atoms with E-state index in [1.807, 2.05) is 18.2 Å². The summed E-state index contributed by atoms with van der Waals surface area (Å²) in [5, 5.41) is 11.6. The maximum absolute atomic E-state index is 13.3. The molecule has 1 aliphatic rings. The minimum Gasteiger partial charge on any atom is -0.507 e. The molecule has 1 saturated heterocycles. The lowest BCUT2D eigenvalue weighted by Crippen LogP contribution is -2.30. The molecular formula is C25H20ClN3O5. The fraction of sp³-hybridized carbons (Fsp3) is 0.160. The lowest BCUT2D eigenvalue weighted by atomic mass is 9.98. The molecule has 8 nitrogen and oxygen atoms in total. The number of hydrogen-bond acceptors (Lipinski definition) is 6. The summed E-state index contributed by atoms with van der Waals surface area (Å²) in [6.45, 7) is 3.54. The number of halogens is 1. The molecular weight excluding hydrogens is 458 g/mol. The highest BCUT2D eigenvalue weighted by Gasteiger charge is 2.50. The molecule has 3 heterocycles. The SMILES string of the molecule is COc1c(Cl)cc(C)cc1/C(O)=C1\C(=O)C(=O)N(c2nc3ccccc3[nH]2)C1c1ccc(C)o1. The Morgan fingerprint density at radius 2 is 1.94 bits per heavy atom. The van der Waals surface area contributed by atoms with Gasteiger partial charge in [0.1, 0.15) is 29.1 Å². The fourth-order valence-electron chi connectivity index (χ4n) is 4.23. The van der Waals surface area contributed by atoms with Crippen molar-refractivity contribution in [2.45, 2.75) is 19.9 Å². The van der Waals surface area contributed by atoms with Gasteiger partial charge < -0.3 is 19.2 Å². The highest BCUT2D eigenvalue weighted by molar-refractivity contribution is 6.51. The van der Waals surface area contributed by atoms with Crippen LogP contribution in [0.3, 0.4) is 0 Å². The summed E-state index contributed by atoms with van der Waals surface area (Å²) in [5.41, 5.74) is 2.11. The number of furan rings is 1. The molecule has 1 atom stereocenters. The van der Waals surface area contributed by atoms with E-state index in [1.54, 1.807) is 44.2 Å². The number of aromatic amines is 1. The lowest BCUT2D eigenvalue weighted by molar-refractivity contribution is -0.132. The van der Waals surface area contributed by atoms with E-state index in [9.17, 15) is 14.7 Å². The summed E-state index contributed by atoms with van der Waals surface area (Å²) in [7, 11) is 1.41. The molecule has 2 aromatic heterocycles. The number of imidazole rings is 1. The number of aliphatic hydroxyl groups is 1. The van der Waals surface area contributed by atoms with Crippen molar-refractivity contribution in [3.05, 3.63) is 81.8 Å². The average Bonchev–Trinajstić information content (AvgIpc) is 3.49. The van der Waals surface area contributed by atoms with E-state index in [4.69, 9.17) is 20.8 Å². The van der Waals surface area contributed by atoms with Crippen molar-refractivity contribution in [3.63, 3.8) is 0 Å². The number of aliphatic hydroxyl groups excluding tert-OH is 1. The van der Waals surface area contributed by atoms with Crippen LogP contribution in [0.4, 0.5) is 5.95 Å². The first kappa shape index (κ1) is 21.8. The van der Waals surface area contributed by atoms with Crippen LogP contribution in [0.25, 0.3) is 16.8 Å². The van der Waals surface area contributed by atoms with Crippen LogP contribution in [-0.2, 0) is 9.59 Å². The monoisotopic (exact) mass is 477 g/mol.